The Balaban J connectivity index is -0.000000219. The molecule has 0 saturated heterocycles. The molecule has 0 aromatic carbocycles. The molecule has 0 spiro atoms. The van der Waals surface area contributed by atoms with Gasteiger partial charge in [-0.15, -0.1) is 11.6 Å². The molecule has 0 fully saturated rings. The van der Waals surface area contributed by atoms with Gasteiger partial charge in [0.1, 0.15) is 0 Å². The number of aliphatic hydroxyl groups is 4. The molecule has 0 saturated carbocycles. The molecule has 0 aliphatic rings. The van der Waals surface area contributed by atoms with Gasteiger partial charge in [-0.3, -0.25) is 0 Å². The summed E-state index contributed by atoms with van der Waals surface area (Å²) in [5.41, 5.74) is 4.98. The second-order valence-corrected chi connectivity index (χ2v) is 3.91. The molecule has 0 heterocycles. The van der Waals surface area contributed by atoms with E-state index in [1.165, 1.54) is 0 Å². The van der Waals surface area contributed by atoms with E-state index >= 15 is 0 Å². The van der Waals surface area contributed by atoms with Crippen LogP contribution in [-0.2, 0) is 0 Å². The van der Waals surface area contributed by atoms with E-state index in [0.717, 1.165) is 32.4 Å². The Morgan fingerprint density at radius 3 is 1.32 bits per heavy atom. The van der Waals surface area contributed by atoms with Crippen molar-refractivity contribution in [1.82, 2.24) is 5.32 Å². The van der Waals surface area contributed by atoms with Crippen LogP contribution in [0.2, 0.25) is 0 Å². The predicted octanol–water partition coefficient (Wildman–Crippen LogP) is -0.724. The average molecular weight is 303 g/mol. The number of aliphatic hydroxyl groups excluding tert-OH is 4. The summed E-state index contributed by atoms with van der Waals surface area (Å²) in [6.45, 7) is 3.20. The highest BCUT2D eigenvalue weighted by atomic mass is 35.5. The SMILES string of the molecule is NCCCO.OCCCCl.OCCCNCCCO. The lowest BCUT2D eigenvalue weighted by molar-refractivity contribution is 0.276. The summed E-state index contributed by atoms with van der Waals surface area (Å²) < 4.78 is 0. The van der Waals surface area contributed by atoms with Crippen molar-refractivity contribution in [2.75, 3.05) is 51.9 Å². The number of nitrogens with one attached hydrogen (secondary N) is 1. The maximum Gasteiger partial charge on any atom is 0.0443 e. The van der Waals surface area contributed by atoms with E-state index in [0.29, 0.717) is 18.8 Å². The molecule has 0 radical (unpaired) electrons. The molecule has 0 amide bonds. The molecule has 0 aliphatic heterocycles. The van der Waals surface area contributed by atoms with Crippen molar-refractivity contribution in [2.24, 2.45) is 5.73 Å². The molecular formula is C12H31ClN2O4. The zero-order valence-electron chi connectivity index (χ0n) is 11.7. The predicted molar refractivity (Wildman–Crippen MR) is 79.5 cm³/mol. The van der Waals surface area contributed by atoms with Crippen LogP contribution in [0.1, 0.15) is 25.7 Å². The Kier molecular flexibility index (Phi) is 39.1. The summed E-state index contributed by atoms with van der Waals surface area (Å²) in [5.74, 6) is 0.566. The first-order valence-corrected chi connectivity index (χ1v) is 7.18. The minimum Gasteiger partial charge on any atom is -0.396 e. The number of nitrogens with two attached hydrogens (primary N) is 1. The first-order chi connectivity index (χ1) is 9.24. The van der Waals surface area contributed by atoms with Gasteiger partial charge in [-0.05, 0) is 45.3 Å². The molecule has 0 unspecified atom stereocenters. The lowest BCUT2D eigenvalue weighted by Crippen LogP contribution is -2.18. The standard InChI is InChI=1S/C6H15NO2.C3H7ClO.C3H9NO/c8-5-1-3-7-4-2-6-9;2*4-2-1-3-5/h7-9H,1-6H2;5H,1-3H2;5H,1-4H2. The second kappa shape index (κ2) is 30.8. The average Bonchev–Trinajstić information content (AvgIpc) is 2.42. The van der Waals surface area contributed by atoms with E-state index in [9.17, 15) is 0 Å². The van der Waals surface area contributed by atoms with Gasteiger partial charge in [0.2, 0.25) is 0 Å². The molecule has 7 heteroatoms. The third-order valence-electron chi connectivity index (χ3n) is 1.68. The molecule has 0 rings (SSSR count). The molecule has 0 aromatic rings. The summed E-state index contributed by atoms with van der Waals surface area (Å²) >= 11 is 5.14. The van der Waals surface area contributed by atoms with Crippen LogP contribution in [0.15, 0.2) is 0 Å². The van der Waals surface area contributed by atoms with Crippen molar-refractivity contribution < 1.29 is 20.4 Å². The van der Waals surface area contributed by atoms with Crippen LogP contribution in [-0.4, -0.2) is 72.4 Å². The first kappa shape index (κ1) is 24.1. The van der Waals surface area contributed by atoms with Crippen molar-refractivity contribution >= 4 is 11.6 Å². The zero-order chi connectivity index (χ0) is 15.2. The van der Waals surface area contributed by atoms with Crippen molar-refractivity contribution in [2.45, 2.75) is 25.7 Å². The van der Waals surface area contributed by atoms with Crippen LogP contribution in [0.3, 0.4) is 0 Å². The Hall–Kier alpha value is 0.0500. The highest BCUT2D eigenvalue weighted by molar-refractivity contribution is 6.17. The van der Waals surface area contributed by atoms with Crippen LogP contribution in [0.5, 0.6) is 0 Å². The van der Waals surface area contributed by atoms with Crippen LogP contribution in [0.25, 0.3) is 0 Å². The van der Waals surface area contributed by atoms with Crippen molar-refractivity contribution in [1.29, 1.82) is 0 Å². The van der Waals surface area contributed by atoms with E-state index in [1.54, 1.807) is 0 Å². The van der Waals surface area contributed by atoms with Gasteiger partial charge in [0.25, 0.3) is 0 Å². The molecule has 0 bridgehead atoms. The summed E-state index contributed by atoms with van der Waals surface area (Å²) in [6.07, 6.45) is 3.03. The Morgan fingerprint density at radius 1 is 0.737 bits per heavy atom. The fraction of sp³-hybridized carbons (Fsp3) is 1.00. The lowest BCUT2D eigenvalue weighted by atomic mass is 10.4. The summed E-state index contributed by atoms with van der Waals surface area (Å²) in [6, 6.07) is 0. The van der Waals surface area contributed by atoms with E-state index in [2.05, 4.69) is 5.32 Å². The Bertz CT molecular complexity index is 108. The molecule has 0 aromatic heterocycles. The molecule has 120 valence electrons. The largest absolute Gasteiger partial charge is 0.396 e. The number of halogens is 1. The van der Waals surface area contributed by atoms with Crippen LogP contribution < -0.4 is 11.1 Å². The molecule has 0 atom stereocenters. The van der Waals surface area contributed by atoms with Gasteiger partial charge in [-0.1, -0.05) is 0 Å². The Labute approximate surface area is 121 Å². The maximum absolute atomic E-state index is 8.33. The summed E-state index contributed by atoms with van der Waals surface area (Å²) in [7, 11) is 0. The molecule has 7 N–H and O–H groups in total. The van der Waals surface area contributed by atoms with Gasteiger partial charge < -0.3 is 31.5 Å². The van der Waals surface area contributed by atoms with Gasteiger partial charge >= 0.3 is 0 Å². The molecular weight excluding hydrogens is 272 g/mol. The lowest BCUT2D eigenvalue weighted by Gasteiger charge is -1.99. The van der Waals surface area contributed by atoms with Crippen molar-refractivity contribution in [3.63, 3.8) is 0 Å². The van der Waals surface area contributed by atoms with Gasteiger partial charge in [-0.25, -0.2) is 0 Å². The molecule has 19 heavy (non-hydrogen) atoms. The highest BCUT2D eigenvalue weighted by Gasteiger charge is 1.84. The number of alkyl halides is 1. The maximum atomic E-state index is 8.33. The summed E-state index contributed by atoms with van der Waals surface area (Å²) in [5, 5.41) is 35.7. The number of hydrogen-bond donors (Lipinski definition) is 6. The third kappa shape index (κ3) is 46.0. The number of rotatable bonds is 10. The zero-order valence-corrected chi connectivity index (χ0v) is 12.5. The van der Waals surface area contributed by atoms with Crippen molar-refractivity contribution in [3.05, 3.63) is 0 Å². The molecule has 0 aliphatic carbocycles. The Morgan fingerprint density at radius 2 is 1.16 bits per heavy atom. The van der Waals surface area contributed by atoms with E-state index in [1.807, 2.05) is 0 Å². The quantitative estimate of drug-likeness (QED) is 0.234. The monoisotopic (exact) mass is 302 g/mol. The van der Waals surface area contributed by atoms with Gasteiger partial charge in [0.15, 0.2) is 0 Å². The van der Waals surface area contributed by atoms with Gasteiger partial charge in [0.05, 0.1) is 0 Å². The van der Waals surface area contributed by atoms with Crippen LogP contribution in [0.4, 0.5) is 0 Å². The van der Waals surface area contributed by atoms with E-state index < -0.39 is 0 Å². The van der Waals surface area contributed by atoms with Crippen LogP contribution in [0, 0.1) is 0 Å². The topological polar surface area (TPSA) is 119 Å². The van der Waals surface area contributed by atoms with Gasteiger partial charge in [0, 0.05) is 32.3 Å². The smallest absolute Gasteiger partial charge is 0.0443 e. The molecule has 6 nitrogen and oxygen atoms in total. The third-order valence-corrected chi connectivity index (χ3v) is 1.94. The fourth-order valence-corrected chi connectivity index (χ4v) is 0.804. The first-order valence-electron chi connectivity index (χ1n) is 6.65. The highest BCUT2D eigenvalue weighted by Crippen LogP contribution is 1.77. The van der Waals surface area contributed by atoms with E-state index in [-0.39, 0.29) is 26.4 Å². The minimum atomic E-state index is 0.212. The van der Waals surface area contributed by atoms with Gasteiger partial charge in [-0.2, -0.15) is 0 Å². The van der Waals surface area contributed by atoms with Crippen molar-refractivity contribution in [3.8, 4) is 0 Å². The fourth-order valence-electron chi connectivity index (χ4n) is 0.684. The normalized spacial score (nSPS) is 9.16. The van der Waals surface area contributed by atoms with Crippen LogP contribution >= 0.6 is 11.6 Å². The van der Waals surface area contributed by atoms with E-state index in [4.69, 9.17) is 37.8 Å². The summed E-state index contributed by atoms with van der Waals surface area (Å²) in [4.78, 5) is 0. The number of hydrogen-bond acceptors (Lipinski definition) is 6. The second-order valence-electron chi connectivity index (χ2n) is 3.54. The minimum absolute atomic E-state index is 0.212.